The Morgan fingerprint density at radius 2 is 2.06 bits per heavy atom. The molecule has 2 heterocycles. The van der Waals surface area contributed by atoms with Gasteiger partial charge in [0.25, 0.3) is 0 Å². The number of aryl methyl sites for hydroxylation is 1. The van der Waals surface area contributed by atoms with Gasteiger partial charge in [0, 0.05) is 37.5 Å². The number of benzene rings is 1. The van der Waals surface area contributed by atoms with Crippen LogP contribution in [0, 0.1) is 0 Å². The van der Waals surface area contributed by atoms with Gasteiger partial charge in [0.2, 0.25) is 0 Å². The van der Waals surface area contributed by atoms with Crippen LogP contribution in [0.25, 0.3) is 0 Å². The summed E-state index contributed by atoms with van der Waals surface area (Å²) >= 11 is -1.17. The highest BCUT2D eigenvalue weighted by Crippen LogP contribution is 2.27. The second kappa shape index (κ2) is 11.5. The molecule has 2 aliphatic rings. The van der Waals surface area contributed by atoms with Crippen molar-refractivity contribution in [1.29, 1.82) is 0 Å². The molecule has 0 spiro atoms. The lowest BCUT2D eigenvalue weighted by Gasteiger charge is -2.19. The van der Waals surface area contributed by atoms with Crippen LogP contribution in [0.1, 0.15) is 50.2 Å². The fourth-order valence-electron chi connectivity index (χ4n) is 4.22. The molecule has 4 rings (SSSR count). The summed E-state index contributed by atoms with van der Waals surface area (Å²) in [5.41, 5.74) is 10.1. The molecule has 1 aliphatic heterocycles. The van der Waals surface area contributed by atoms with Crippen LogP contribution >= 0.6 is 0 Å². The van der Waals surface area contributed by atoms with Gasteiger partial charge in [0.05, 0.1) is 18.0 Å². The first-order chi connectivity index (χ1) is 16.2. The zero-order chi connectivity index (χ0) is 23.0. The topological polar surface area (TPSA) is 93.3 Å². The van der Waals surface area contributed by atoms with E-state index in [2.05, 4.69) is 22.3 Å². The molecule has 1 aromatic heterocycles. The molecule has 1 atom stereocenters. The van der Waals surface area contributed by atoms with Crippen LogP contribution in [0.2, 0.25) is 0 Å². The van der Waals surface area contributed by atoms with E-state index in [9.17, 15) is 4.21 Å². The average molecular weight is 472 g/mol. The average Bonchev–Trinajstić information content (AvgIpc) is 3.19. The van der Waals surface area contributed by atoms with Gasteiger partial charge in [-0.3, -0.25) is 4.31 Å². The summed E-state index contributed by atoms with van der Waals surface area (Å²) in [5.74, 6) is 1.36. The van der Waals surface area contributed by atoms with Gasteiger partial charge < -0.3 is 15.3 Å². The molecule has 1 aliphatic carbocycles. The van der Waals surface area contributed by atoms with E-state index in [1.807, 2.05) is 27.7 Å². The maximum Gasteiger partial charge on any atom is 0.199 e. The highest BCUT2D eigenvalue weighted by atomic mass is 32.2. The van der Waals surface area contributed by atoms with Crippen molar-refractivity contribution in [2.45, 2.75) is 45.4 Å². The lowest BCUT2D eigenvalue weighted by Crippen LogP contribution is -2.27. The molecule has 8 nitrogen and oxygen atoms in total. The number of rotatable bonds is 10. The third kappa shape index (κ3) is 6.03. The van der Waals surface area contributed by atoms with E-state index in [4.69, 9.17) is 15.3 Å². The maximum atomic E-state index is 12.8. The van der Waals surface area contributed by atoms with Gasteiger partial charge >= 0.3 is 0 Å². The molecule has 1 fully saturated rings. The predicted octanol–water partition coefficient (Wildman–Crippen LogP) is 3.69. The maximum absolute atomic E-state index is 12.8. The molecular formula is C24H33N5O3S. The molecular weight excluding hydrogens is 438 g/mol. The fraction of sp³-hybridized carbons (Fsp3) is 0.500. The predicted molar refractivity (Wildman–Crippen MR) is 133 cm³/mol. The van der Waals surface area contributed by atoms with E-state index in [-0.39, 0.29) is 0 Å². The van der Waals surface area contributed by atoms with E-state index in [0.29, 0.717) is 19.0 Å². The number of pyridine rings is 1. The number of nitrogen functional groups attached to an aromatic ring is 1. The van der Waals surface area contributed by atoms with Gasteiger partial charge in [-0.15, -0.1) is 0 Å². The van der Waals surface area contributed by atoms with Crippen LogP contribution in [0.4, 0.5) is 11.5 Å². The quantitative estimate of drug-likeness (QED) is 0.421. The summed E-state index contributed by atoms with van der Waals surface area (Å²) in [6, 6.07) is 9.89. The van der Waals surface area contributed by atoms with Crippen LogP contribution < -0.4 is 14.8 Å². The lowest BCUT2D eigenvalue weighted by molar-refractivity contribution is 0.158. The monoisotopic (exact) mass is 471 g/mol. The van der Waals surface area contributed by atoms with E-state index in [0.717, 1.165) is 75.3 Å². The Hall–Kier alpha value is -2.65. The molecule has 178 valence electrons. The van der Waals surface area contributed by atoms with Crippen molar-refractivity contribution in [2.24, 2.45) is 5.16 Å². The Balaban J connectivity index is 1.17. The Kier molecular flexibility index (Phi) is 8.17. The van der Waals surface area contributed by atoms with Crippen molar-refractivity contribution in [3.8, 4) is 5.75 Å². The number of hydrogen-bond acceptors (Lipinski definition) is 6. The summed E-state index contributed by atoms with van der Waals surface area (Å²) in [4.78, 5) is 9.27. The molecule has 1 unspecified atom stereocenters. The van der Waals surface area contributed by atoms with E-state index >= 15 is 0 Å². The summed E-state index contributed by atoms with van der Waals surface area (Å²) in [6.45, 7) is 5.55. The Morgan fingerprint density at radius 1 is 1.15 bits per heavy atom. The highest BCUT2D eigenvalue weighted by Gasteiger charge is 2.28. The number of unbranched alkanes of at least 4 members (excludes halogenated alkanes) is 2. The minimum Gasteiger partial charge on any atom is -0.494 e. The minimum absolute atomic E-state index is 0.445. The van der Waals surface area contributed by atoms with Crippen molar-refractivity contribution in [3.05, 3.63) is 47.7 Å². The second-order valence-electron chi connectivity index (χ2n) is 8.24. The molecule has 0 bridgehead atoms. The number of aromatic nitrogens is 1. The van der Waals surface area contributed by atoms with Gasteiger partial charge in [-0.2, -0.15) is 0 Å². The Labute approximate surface area is 198 Å². The number of ether oxygens (including phenoxy) is 1. The van der Waals surface area contributed by atoms with Crippen molar-refractivity contribution in [1.82, 2.24) is 9.29 Å². The number of oxime groups is 1. The standard InChI is InChI=1S/C24H33N5O3S/c1-2-32-27-23-8-6-7-19-17-21(9-10-22(19)23)31-16-5-3-4-13-28-14-15-29(33(28)30)20-11-12-26-24(25)18-20/h9-12,17-18H,2-8,13-16H2,1H3,(H2,25,26)/b27-23+. The molecule has 2 N–H and O–H groups in total. The Bertz CT molecular complexity index is 1000. The highest BCUT2D eigenvalue weighted by molar-refractivity contribution is 7.84. The van der Waals surface area contributed by atoms with E-state index in [1.165, 1.54) is 11.1 Å². The third-order valence-electron chi connectivity index (χ3n) is 5.89. The molecule has 1 saturated heterocycles. The zero-order valence-electron chi connectivity index (χ0n) is 19.2. The van der Waals surface area contributed by atoms with Gasteiger partial charge in [-0.05, 0) is 75.3 Å². The largest absolute Gasteiger partial charge is 0.494 e. The molecule has 2 aromatic rings. The first-order valence-electron chi connectivity index (χ1n) is 11.8. The number of fused-ring (bicyclic) bond motifs is 1. The van der Waals surface area contributed by atoms with Crippen molar-refractivity contribution < 1.29 is 13.8 Å². The molecule has 0 radical (unpaired) electrons. The zero-order valence-corrected chi connectivity index (χ0v) is 20.1. The van der Waals surface area contributed by atoms with Crippen LogP contribution in [0.5, 0.6) is 5.75 Å². The van der Waals surface area contributed by atoms with E-state index < -0.39 is 11.2 Å². The fourth-order valence-corrected chi connectivity index (χ4v) is 5.56. The van der Waals surface area contributed by atoms with Gasteiger partial charge in [-0.25, -0.2) is 13.5 Å². The summed E-state index contributed by atoms with van der Waals surface area (Å²) in [6.07, 6.45) is 7.75. The Morgan fingerprint density at radius 3 is 2.91 bits per heavy atom. The van der Waals surface area contributed by atoms with Gasteiger partial charge in [0.1, 0.15) is 18.2 Å². The second-order valence-corrected chi connectivity index (χ2v) is 9.66. The lowest BCUT2D eigenvalue weighted by atomic mass is 9.90. The minimum atomic E-state index is -1.17. The van der Waals surface area contributed by atoms with E-state index in [1.54, 1.807) is 12.3 Å². The van der Waals surface area contributed by atoms with Crippen LogP contribution in [-0.2, 0) is 22.4 Å². The summed E-state index contributed by atoms with van der Waals surface area (Å²) < 4.78 is 22.7. The molecule has 1 aromatic carbocycles. The summed E-state index contributed by atoms with van der Waals surface area (Å²) in [5, 5.41) is 4.27. The van der Waals surface area contributed by atoms with Crippen LogP contribution in [0.15, 0.2) is 41.7 Å². The molecule has 9 heteroatoms. The number of nitrogens with zero attached hydrogens (tertiary/aromatic N) is 4. The van der Waals surface area contributed by atoms with Crippen LogP contribution in [-0.4, -0.2) is 52.1 Å². The van der Waals surface area contributed by atoms with Gasteiger partial charge in [-0.1, -0.05) is 5.16 Å². The molecule has 33 heavy (non-hydrogen) atoms. The number of hydrogen-bond donors (Lipinski definition) is 1. The smallest absolute Gasteiger partial charge is 0.199 e. The molecule has 0 saturated carbocycles. The number of anilines is 2. The van der Waals surface area contributed by atoms with Gasteiger partial charge in [0.15, 0.2) is 11.2 Å². The summed E-state index contributed by atoms with van der Waals surface area (Å²) in [7, 11) is 0. The van der Waals surface area contributed by atoms with Crippen LogP contribution in [0.3, 0.4) is 0 Å². The SMILES string of the molecule is CCO/N=C1\CCCc2cc(OCCCCCN3CCN(c4ccnc(N)c4)S3=O)ccc21. The normalized spacial score (nSPS) is 19.6. The first-order valence-corrected chi connectivity index (χ1v) is 12.8. The third-order valence-corrected chi connectivity index (χ3v) is 7.46. The van der Waals surface area contributed by atoms with Crippen molar-refractivity contribution in [2.75, 3.05) is 42.9 Å². The number of nitrogens with two attached hydrogens (primary N) is 1. The molecule has 0 amide bonds. The first kappa shape index (κ1) is 23.5. The van der Waals surface area contributed by atoms with Crippen molar-refractivity contribution in [3.63, 3.8) is 0 Å². The van der Waals surface area contributed by atoms with Crippen molar-refractivity contribution >= 4 is 28.4 Å².